The van der Waals surface area contributed by atoms with Gasteiger partial charge in [0.15, 0.2) is 5.78 Å². The second kappa shape index (κ2) is 13.1. The molecule has 2 unspecified atom stereocenters. The van der Waals surface area contributed by atoms with Crippen molar-refractivity contribution >= 4 is 35.6 Å². The van der Waals surface area contributed by atoms with Crippen LogP contribution >= 0.6 is 11.8 Å². The normalized spacial score (nSPS) is 12.3. The van der Waals surface area contributed by atoms with E-state index < -0.39 is 30.0 Å². The zero-order valence-corrected chi connectivity index (χ0v) is 18.2. The van der Waals surface area contributed by atoms with Crippen molar-refractivity contribution in [2.45, 2.75) is 19.1 Å². The number of aromatic nitrogens is 1. The number of amides is 1. The largest absolute Gasteiger partial charge is 0.481 e. The van der Waals surface area contributed by atoms with Crippen LogP contribution in [-0.2, 0) is 25.7 Å². The first-order valence-corrected chi connectivity index (χ1v) is 10.8. The molecule has 32 heavy (non-hydrogen) atoms. The van der Waals surface area contributed by atoms with Crippen LogP contribution in [0, 0.1) is 5.92 Å². The summed E-state index contributed by atoms with van der Waals surface area (Å²) in [5.74, 6) is -2.75. The minimum absolute atomic E-state index is 0.0357. The first-order valence-electron chi connectivity index (χ1n) is 9.69. The number of benzene rings is 1. The number of aliphatic carboxylic acids is 1. The lowest BCUT2D eigenvalue weighted by Crippen LogP contribution is -2.43. The molecule has 170 valence electrons. The second-order valence-electron chi connectivity index (χ2n) is 6.72. The summed E-state index contributed by atoms with van der Waals surface area (Å²) in [6.07, 6.45) is 1.74. The minimum Gasteiger partial charge on any atom is -0.481 e. The predicted octanol–water partition coefficient (Wildman–Crippen LogP) is 2.56. The number of thioether (sulfide) groups is 1. The molecule has 1 aromatic carbocycles. The average Bonchev–Trinajstić information content (AvgIpc) is 2.81. The van der Waals surface area contributed by atoms with Crippen LogP contribution < -0.4 is 5.32 Å². The Bertz CT molecular complexity index is 909. The van der Waals surface area contributed by atoms with Crippen LogP contribution in [0.4, 0.5) is 4.79 Å². The average molecular weight is 461 g/mol. The lowest BCUT2D eigenvalue weighted by molar-refractivity contribution is -0.142. The van der Waals surface area contributed by atoms with E-state index in [9.17, 15) is 19.2 Å². The van der Waals surface area contributed by atoms with Gasteiger partial charge in [0.05, 0.1) is 13.5 Å². The Morgan fingerprint density at radius 1 is 1.09 bits per heavy atom. The summed E-state index contributed by atoms with van der Waals surface area (Å²) in [7, 11) is 1.19. The number of nitrogens with one attached hydrogen (secondary N) is 1. The van der Waals surface area contributed by atoms with Gasteiger partial charge in [0.25, 0.3) is 0 Å². The lowest BCUT2D eigenvalue weighted by atomic mass is 9.97. The third-order valence-corrected chi connectivity index (χ3v) is 5.54. The monoisotopic (exact) mass is 460 g/mol. The summed E-state index contributed by atoms with van der Waals surface area (Å²) >= 11 is 1.16. The highest BCUT2D eigenvalue weighted by atomic mass is 32.2. The molecule has 2 N–H and O–H groups in total. The zero-order valence-electron chi connectivity index (χ0n) is 17.4. The first kappa shape index (κ1) is 24.9. The van der Waals surface area contributed by atoms with Gasteiger partial charge in [-0.15, -0.1) is 0 Å². The van der Waals surface area contributed by atoms with E-state index in [1.54, 1.807) is 24.3 Å². The van der Waals surface area contributed by atoms with Gasteiger partial charge in [-0.1, -0.05) is 30.3 Å². The number of carboxylic acids is 1. The Balaban J connectivity index is 1.92. The van der Waals surface area contributed by atoms with Crippen LogP contribution in [0.1, 0.15) is 22.3 Å². The molecule has 0 aliphatic rings. The topological polar surface area (TPSA) is 132 Å². The van der Waals surface area contributed by atoms with E-state index in [0.717, 1.165) is 17.3 Å². The number of ether oxygens (including phenoxy) is 2. The van der Waals surface area contributed by atoms with Crippen molar-refractivity contribution in [1.82, 2.24) is 10.3 Å². The minimum atomic E-state index is -1.11. The van der Waals surface area contributed by atoms with Crippen molar-refractivity contribution in [2.24, 2.45) is 5.92 Å². The number of carbonyl (C=O) groups is 4. The fourth-order valence-electron chi connectivity index (χ4n) is 2.73. The molecule has 1 aromatic heterocycles. The molecular formula is C22H24N2O7S. The Morgan fingerprint density at radius 2 is 1.84 bits per heavy atom. The molecule has 10 heteroatoms. The van der Waals surface area contributed by atoms with Gasteiger partial charge in [0.2, 0.25) is 0 Å². The number of ketones is 1. The molecule has 0 fully saturated rings. The number of Topliss-reactive ketones (excluding diaryl/α,β-unsaturated/α-hetero) is 1. The Morgan fingerprint density at radius 3 is 2.47 bits per heavy atom. The molecule has 0 saturated carbocycles. The number of carbonyl (C=O) groups excluding carboxylic acids is 3. The summed E-state index contributed by atoms with van der Waals surface area (Å²) in [6, 6.07) is 11.2. The Hall–Kier alpha value is -3.40. The van der Waals surface area contributed by atoms with E-state index in [0.29, 0.717) is 5.56 Å². The molecule has 0 aliphatic carbocycles. The van der Waals surface area contributed by atoms with Crippen LogP contribution in [0.3, 0.4) is 0 Å². The fourth-order valence-corrected chi connectivity index (χ4v) is 3.87. The molecule has 0 saturated heterocycles. The van der Waals surface area contributed by atoms with E-state index in [4.69, 9.17) is 14.6 Å². The van der Waals surface area contributed by atoms with Gasteiger partial charge in [-0.3, -0.25) is 14.6 Å². The van der Waals surface area contributed by atoms with Crippen molar-refractivity contribution in [3.05, 3.63) is 66.0 Å². The summed E-state index contributed by atoms with van der Waals surface area (Å²) < 4.78 is 9.85. The Labute approximate surface area is 189 Å². The van der Waals surface area contributed by atoms with Crippen molar-refractivity contribution in [1.29, 1.82) is 0 Å². The standard InChI is InChI=1S/C22H24N2O7S/c1-30-21(28)18(24-22(29)31-12-15-6-3-2-4-7-15)14-32-13-17(10-19(25)26)20(27)16-8-5-9-23-11-16/h2-9,11,17-18H,10,12-14H2,1H3,(H,24,29)(H,25,26). The van der Waals surface area contributed by atoms with Gasteiger partial charge in [-0.25, -0.2) is 9.59 Å². The number of hydrogen-bond acceptors (Lipinski definition) is 8. The predicted molar refractivity (Wildman–Crippen MR) is 117 cm³/mol. The molecule has 0 bridgehead atoms. The van der Waals surface area contributed by atoms with Gasteiger partial charge in [-0.05, 0) is 17.7 Å². The number of methoxy groups -OCH3 is 1. The van der Waals surface area contributed by atoms with E-state index in [1.807, 2.05) is 18.2 Å². The van der Waals surface area contributed by atoms with Gasteiger partial charge in [0.1, 0.15) is 12.6 Å². The number of carboxylic acid groups (broad SMARTS) is 1. The van der Waals surface area contributed by atoms with E-state index in [2.05, 4.69) is 10.3 Å². The van der Waals surface area contributed by atoms with E-state index >= 15 is 0 Å². The lowest BCUT2D eigenvalue weighted by Gasteiger charge is -2.18. The second-order valence-corrected chi connectivity index (χ2v) is 7.79. The highest BCUT2D eigenvalue weighted by Crippen LogP contribution is 2.19. The van der Waals surface area contributed by atoms with Gasteiger partial charge in [-0.2, -0.15) is 11.8 Å². The molecular weight excluding hydrogens is 436 g/mol. The highest BCUT2D eigenvalue weighted by molar-refractivity contribution is 7.99. The first-order chi connectivity index (χ1) is 15.4. The van der Waals surface area contributed by atoms with Gasteiger partial charge in [0, 0.05) is 35.4 Å². The third kappa shape index (κ3) is 8.38. The van der Waals surface area contributed by atoms with E-state index in [1.165, 1.54) is 19.5 Å². The number of pyridine rings is 1. The summed E-state index contributed by atoms with van der Waals surface area (Å²) in [5.41, 5.74) is 1.10. The molecule has 0 spiro atoms. The highest BCUT2D eigenvalue weighted by Gasteiger charge is 2.26. The molecule has 1 heterocycles. The maximum Gasteiger partial charge on any atom is 0.408 e. The number of alkyl carbamates (subject to hydrolysis) is 1. The summed E-state index contributed by atoms with van der Waals surface area (Å²) in [5, 5.41) is 11.6. The zero-order chi connectivity index (χ0) is 23.3. The Kier molecular flexibility index (Phi) is 10.2. The van der Waals surface area contributed by atoms with Crippen molar-refractivity contribution in [3.63, 3.8) is 0 Å². The van der Waals surface area contributed by atoms with Crippen LogP contribution in [0.5, 0.6) is 0 Å². The molecule has 2 rings (SSSR count). The number of nitrogens with zero attached hydrogens (tertiary/aromatic N) is 1. The number of hydrogen-bond donors (Lipinski definition) is 2. The van der Waals surface area contributed by atoms with Gasteiger partial charge >= 0.3 is 18.0 Å². The molecule has 0 aliphatic heterocycles. The van der Waals surface area contributed by atoms with Crippen LogP contribution in [0.15, 0.2) is 54.9 Å². The van der Waals surface area contributed by atoms with E-state index in [-0.39, 0.29) is 30.3 Å². The SMILES string of the molecule is COC(=O)C(CSCC(CC(=O)O)C(=O)c1cccnc1)NC(=O)OCc1ccccc1. The molecule has 0 radical (unpaired) electrons. The molecule has 2 atom stereocenters. The molecule has 1 amide bonds. The quantitative estimate of drug-likeness (QED) is 0.362. The smallest absolute Gasteiger partial charge is 0.408 e. The molecule has 9 nitrogen and oxygen atoms in total. The molecule has 2 aromatic rings. The van der Waals surface area contributed by atoms with Crippen LogP contribution in [0.2, 0.25) is 0 Å². The van der Waals surface area contributed by atoms with Gasteiger partial charge < -0.3 is 19.9 Å². The summed E-state index contributed by atoms with van der Waals surface area (Å²) in [4.78, 5) is 51.9. The summed E-state index contributed by atoms with van der Waals surface area (Å²) in [6.45, 7) is 0.0357. The maximum atomic E-state index is 12.6. The van der Waals surface area contributed by atoms with Crippen molar-refractivity contribution in [2.75, 3.05) is 18.6 Å². The fraction of sp³-hybridized carbons (Fsp3) is 0.318. The van der Waals surface area contributed by atoms with Crippen molar-refractivity contribution in [3.8, 4) is 0 Å². The van der Waals surface area contributed by atoms with Crippen LogP contribution in [-0.4, -0.2) is 58.6 Å². The maximum absolute atomic E-state index is 12.6. The number of esters is 1. The number of rotatable bonds is 12. The van der Waals surface area contributed by atoms with Crippen LogP contribution in [0.25, 0.3) is 0 Å². The van der Waals surface area contributed by atoms with Crippen molar-refractivity contribution < 1.29 is 33.8 Å². The third-order valence-electron chi connectivity index (χ3n) is 4.33.